The maximum atomic E-state index is 11.2. The number of aliphatic hydroxyl groups excluding tert-OH is 1. The van der Waals surface area contributed by atoms with Crippen LogP contribution in [0.2, 0.25) is 0 Å². The number of carbonyl (C=O) groups excluding carboxylic acids is 1. The first-order valence-corrected chi connectivity index (χ1v) is 10.6. The molecule has 16 heteroatoms. The molecule has 1 aromatic rings. The number of aliphatic hydroxyl groups is 1. The van der Waals surface area contributed by atoms with Crippen molar-refractivity contribution in [3.8, 4) is 0 Å². The fourth-order valence-corrected chi connectivity index (χ4v) is 4.24. The van der Waals surface area contributed by atoms with E-state index in [9.17, 15) is 27.4 Å². The highest BCUT2D eigenvalue weighted by molar-refractivity contribution is 7.70. The number of pyridine rings is 1. The van der Waals surface area contributed by atoms with Gasteiger partial charge >= 0.3 is 21.4 Å². The molecular formula is C12H19F3N2O9P2. The van der Waals surface area contributed by atoms with Gasteiger partial charge in [-0.2, -0.15) is 13.2 Å². The zero-order chi connectivity index (χ0) is 22.3. The molecule has 0 spiro atoms. The summed E-state index contributed by atoms with van der Waals surface area (Å²) in [7, 11) is -9.91. The SMILES string of the molecule is NCC(O)C[n+]1cccc(CC(P(=O)(O)O)P(=O)(O)O)c1.O=C([O-])C(F)(F)F. The summed E-state index contributed by atoms with van der Waals surface area (Å²) in [5.41, 5.74) is 5.62. The molecule has 162 valence electrons. The van der Waals surface area contributed by atoms with E-state index >= 15 is 0 Å². The van der Waals surface area contributed by atoms with Crippen molar-refractivity contribution in [3.05, 3.63) is 30.1 Å². The Balaban J connectivity index is 0.000000887. The number of hydrogen-bond acceptors (Lipinski definition) is 6. The molecule has 0 saturated carbocycles. The summed E-state index contributed by atoms with van der Waals surface area (Å²) >= 11 is 0. The minimum absolute atomic E-state index is 0.0464. The van der Waals surface area contributed by atoms with E-state index in [1.54, 1.807) is 12.3 Å². The van der Waals surface area contributed by atoms with Crippen LogP contribution in [0.5, 0.6) is 0 Å². The largest absolute Gasteiger partial charge is 0.542 e. The van der Waals surface area contributed by atoms with Crippen LogP contribution in [0.25, 0.3) is 0 Å². The van der Waals surface area contributed by atoms with E-state index in [1.165, 1.54) is 16.8 Å². The Labute approximate surface area is 156 Å². The molecule has 0 radical (unpaired) electrons. The number of rotatable bonds is 7. The van der Waals surface area contributed by atoms with E-state index in [2.05, 4.69) is 0 Å². The summed E-state index contributed by atoms with van der Waals surface area (Å²) in [5, 5.41) is 16.1. The maximum absolute atomic E-state index is 11.2. The van der Waals surface area contributed by atoms with Crippen molar-refractivity contribution in [2.75, 3.05) is 6.54 Å². The predicted molar refractivity (Wildman–Crippen MR) is 84.3 cm³/mol. The van der Waals surface area contributed by atoms with Crippen molar-refractivity contribution >= 4 is 21.2 Å². The minimum atomic E-state index is -5.19. The second kappa shape index (κ2) is 10.4. The van der Waals surface area contributed by atoms with Crippen LogP contribution in [-0.2, 0) is 26.9 Å². The summed E-state index contributed by atoms with van der Waals surface area (Å²) in [5.74, 6) is -3.01. The van der Waals surface area contributed by atoms with Gasteiger partial charge < -0.3 is 40.3 Å². The summed E-state index contributed by atoms with van der Waals surface area (Å²) in [6, 6.07) is 3.04. The third kappa shape index (κ3) is 10.2. The first-order chi connectivity index (χ1) is 12.5. The van der Waals surface area contributed by atoms with Crippen molar-refractivity contribution in [1.29, 1.82) is 0 Å². The fraction of sp³-hybridized carbons (Fsp3) is 0.500. The number of carboxylic acid groups (broad SMARTS) is 1. The molecule has 0 aliphatic rings. The van der Waals surface area contributed by atoms with Crippen LogP contribution in [0.15, 0.2) is 24.5 Å². The molecule has 28 heavy (non-hydrogen) atoms. The number of hydrogen-bond donors (Lipinski definition) is 6. The minimum Gasteiger partial charge on any atom is -0.542 e. The first-order valence-electron chi connectivity index (χ1n) is 7.23. The number of nitrogens with zero attached hydrogens (tertiary/aromatic N) is 1. The van der Waals surface area contributed by atoms with E-state index in [4.69, 9.17) is 35.2 Å². The number of aliphatic carboxylic acids is 1. The molecule has 7 N–H and O–H groups in total. The third-order valence-electron chi connectivity index (χ3n) is 3.04. The third-order valence-corrected chi connectivity index (χ3v) is 6.76. The molecule has 0 aromatic carbocycles. The quantitative estimate of drug-likeness (QED) is 0.194. The lowest BCUT2D eigenvalue weighted by Gasteiger charge is -2.19. The highest BCUT2D eigenvalue weighted by Gasteiger charge is 2.43. The van der Waals surface area contributed by atoms with Crippen LogP contribution in [0.4, 0.5) is 13.2 Å². The average Bonchev–Trinajstić information content (AvgIpc) is 2.50. The van der Waals surface area contributed by atoms with E-state index in [0.29, 0.717) is 5.56 Å². The number of nitrogens with two attached hydrogens (primary N) is 1. The molecule has 1 aromatic heterocycles. The summed E-state index contributed by atoms with van der Waals surface area (Å²) in [6.45, 7) is 0.214. The molecule has 1 unspecified atom stereocenters. The molecule has 0 aliphatic carbocycles. The van der Waals surface area contributed by atoms with Gasteiger partial charge in [-0.15, -0.1) is 0 Å². The van der Waals surface area contributed by atoms with Crippen LogP contribution in [0, 0.1) is 0 Å². The van der Waals surface area contributed by atoms with E-state index in [0.717, 1.165) is 0 Å². The monoisotopic (exact) mass is 454 g/mol. The van der Waals surface area contributed by atoms with Crippen molar-refractivity contribution < 1.29 is 61.4 Å². The molecule has 1 heterocycles. The summed E-state index contributed by atoms with van der Waals surface area (Å²) in [4.78, 5) is 45.1. The van der Waals surface area contributed by atoms with Crippen molar-refractivity contribution in [3.63, 3.8) is 0 Å². The number of carboxylic acids is 1. The number of halogens is 3. The Kier molecular flexibility index (Phi) is 9.91. The average molecular weight is 454 g/mol. The number of aromatic nitrogens is 1. The summed E-state index contributed by atoms with van der Waals surface area (Å²) < 4.78 is 55.5. The molecular weight excluding hydrogens is 435 g/mol. The van der Waals surface area contributed by atoms with Gasteiger partial charge in [-0.05, 0) is 6.07 Å². The molecule has 1 atom stereocenters. The van der Waals surface area contributed by atoms with Crippen molar-refractivity contribution in [2.45, 2.75) is 30.6 Å². The van der Waals surface area contributed by atoms with Gasteiger partial charge in [0.25, 0.3) is 0 Å². The van der Waals surface area contributed by atoms with Gasteiger partial charge in [0, 0.05) is 24.6 Å². The lowest BCUT2D eigenvalue weighted by Crippen LogP contribution is -2.42. The van der Waals surface area contributed by atoms with E-state index in [1.807, 2.05) is 0 Å². The molecule has 0 bridgehead atoms. The van der Waals surface area contributed by atoms with Gasteiger partial charge in [0.1, 0.15) is 12.1 Å². The van der Waals surface area contributed by atoms with Gasteiger partial charge in [0.2, 0.25) is 0 Å². The lowest BCUT2D eigenvalue weighted by molar-refractivity contribution is -0.703. The Morgan fingerprint density at radius 3 is 2.04 bits per heavy atom. The van der Waals surface area contributed by atoms with E-state index < -0.39 is 45.3 Å². The Morgan fingerprint density at radius 1 is 1.21 bits per heavy atom. The molecule has 0 aliphatic heterocycles. The Morgan fingerprint density at radius 2 is 1.68 bits per heavy atom. The second-order valence-corrected chi connectivity index (χ2v) is 9.46. The standard InChI is InChI=1S/C10H18N2O7P2.C2HF3O2/c11-5-9(13)7-12-3-1-2-8(6-12)4-10(20(14,15)16)21(17,18)19;3-2(4,5)1(6)7/h1-3,6,9-10,13H,4-5,7,11H2,(H3-,14,15,16,17,18,19);(H,6,7). The Bertz CT molecular complexity index is 728. The molecule has 11 nitrogen and oxygen atoms in total. The Hall–Kier alpha value is -1.37. The topological polar surface area (TPSA) is 205 Å². The van der Waals surface area contributed by atoms with Crippen molar-refractivity contribution in [1.82, 2.24) is 0 Å². The molecule has 0 fully saturated rings. The highest BCUT2D eigenvalue weighted by atomic mass is 31.2. The van der Waals surface area contributed by atoms with Gasteiger partial charge in [-0.25, -0.2) is 4.57 Å². The van der Waals surface area contributed by atoms with Crippen LogP contribution >= 0.6 is 15.2 Å². The van der Waals surface area contributed by atoms with Gasteiger partial charge in [-0.3, -0.25) is 9.13 Å². The normalized spacial score (nSPS) is 13.6. The molecule has 0 amide bonds. The van der Waals surface area contributed by atoms with Gasteiger partial charge in [-0.1, -0.05) is 0 Å². The summed E-state index contributed by atoms with van der Waals surface area (Å²) in [6.07, 6.45) is -3.40. The second-order valence-electron chi connectivity index (χ2n) is 5.45. The van der Waals surface area contributed by atoms with Crippen LogP contribution in [-0.4, -0.2) is 54.9 Å². The highest BCUT2D eigenvalue weighted by Crippen LogP contribution is 2.60. The van der Waals surface area contributed by atoms with Crippen LogP contribution < -0.4 is 15.4 Å². The molecule has 1 rings (SSSR count). The zero-order valence-electron chi connectivity index (χ0n) is 14.0. The van der Waals surface area contributed by atoms with Gasteiger partial charge in [0.05, 0.1) is 0 Å². The lowest BCUT2D eigenvalue weighted by atomic mass is 10.2. The number of carbonyl (C=O) groups is 1. The van der Waals surface area contributed by atoms with Crippen molar-refractivity contribution in [2.24, 2.45) is 5.73 Å². The predicted octanol–water partition coefficient (Wildman–Crippen LogP) is -2.18. The van der Waals surface area contributed by atoms with E-state index in [-0.39, 0.29) is 13.1 Å². The molecule has 0 saturated heterocycles. The maximum Gasteiger partial charge on any atom is 0.430 e. The number of alkyl halides is 3. The van der Waals surface area contributed by atoms with Crippen LogP contribution in [0.3, 0.4) is 0 Å². The smallest absolute Gasteiger partial charge is 0.430 e. The first kappa shape index (κ1) is 26.6. The zero-order valence-corrected chi connectivity index (χ0v) is 15.8. The fourth-order valence-electron chi connectivity index (χ4n) is 1.77. The van der Waals surface area contributed by atoms with Gasteiger partial charge in [0.15, 0.2) is 24.3 Å². The van der Waals surface area contributed by atoms with Crippen LogP contribution in [0.1, 0.15) is 5.56 Å².